The van der Waals surface area contributed by atoms with Gasteiger partial charge >= 0.3 is 0 Å². The van der Waals surface area contributed by atoms with Gasteiger partial charge in [0.15, 0.2) is 6.61 Å². The number of ether oxygens (including phenoxy) is 1. The van der Waals surface area contributed by atoms with Crippen molar-refractivity contribution in [1.82, 2.24) is 5.32 Å². The molecule has 0 saturated carbocycles. The molecule has 1 rings (SSSR count). The van der Waals surface area contributed by atoms with Gasteiger partial charge in [-0.1, -0.05) is 25.5 Å². The monoisotopic (exact) mass is 253 g/mol. The van der Waals surface area contributed by atoms with E-state index in [-0.39, 0.29) is 12.5 Å². The molecular weight excluding hydrogens is 234 g/mol. The predicted octanol–water partition coefficient (Wildman–Crippen LogP) is 2.06. The van der Waals surface area contributed by atoms with Gasteiger partial charge in [-0.3, -0.25) is 4.79 Å². The summed E-state index contributed by atoms with van der Waals surface area (Å²) < 4.78 is 5.36. The van der Waals surface area contributed by atoms with Crippen LogP contribution in [0.5, 0.6) is 5.75 Å². The largest absolute Gasteiger partial charge is 0.484 e. The van der Waals surface area contributed by atoms with Crippen LogP contribution in [0.25, 0.3) is 0 Å². The van der Waals surface area contributed by atoms with Gasteiger partial charge in [-0.15, -0.1) is 0 Å². The van der Waals surface area contributed by atoms with Gasteiger partial charge in [-0.05, 0) is 24.1 Å². The fourth-order valence-electron chi connectivity index (χ4n) is 1.44. The lowest BCUT2D eigenvalue weighted by Crippen LogP contribution is -2.30. The number of hydrogen-bond acceptors (Lipinski definition) is 3. The van der Waals surface area contributed by atoms with E-state index in [1.807, 2.05) is 24.3 Å². The Morgan fingerprint density at radius 2 is 2.06 bits per heavy atom. The quantitative estimate of drug-likeness (QED) is 0.730. The highest BCUT2D eigenvalue weighted by Crippen LogP contribution is 2.13. The van der Waals surface area contributed by atoms with Gasteiger partial charge in [0.05, 0.1) is 0 Å². The second kappa shape index (κ2) is 8.01. The molecule has 4 heteroatoms. The smallest absolute Gasteiger partial charge is 0.257 e. The Bertz CT molecular complexity index is 338. The topological polar surface area (TPSA) is 38.3 Å². The molecule has 0 radical (unpaired) electrons. The molecule has 0 fully saturated rings. The first kappa shape index (κ1) is 13.9. The third-order valence-electron chi connectivity index (χ3n) is 2.27. The number of carbonyl (C=O) groups excluding carboxylic acids is 1. The normalized spacial score (nSPS) is 10.0. The third kappa shape index (κ3) is 5.63. The number of benzene rings is 1. The SMILES string of the molecule is CCCc1ccc(OCC(=O)NCCS)cc1. The molecule has 0 heterocycles. The van der Waals surface area contributed by atoms with Gasteiger partial charge in [0, 0.05) is 12.3 Å². The predicted molar refractivity (Wildman–Crippen MR) is 72.8 cm³/mol. The number of amides is 1. The van der Waals surface area contributed by atoms with Crippen molar-refractivity contribution in [3.8, 4) is 5.75 Å². The van der Waals surface area contributed by atoms with Crippen molar-refractivity contribution in [2.45, 2.75) is 19.8 Å². The van der Waals surface area contributed by atoms with Crippen LogP contribution in [0.2, 0.25) is 0 Å². The Balaban J connectivity index is 2.34. The van der Waals surface area contributed by atoms with E-state index in [2.05, 4.69) is 24.9 Å². The average molecular weight is 253 g/mol. The highest BCUT2D eigenvalue weighted by Gasteiger charge is 2.01. The van der Waals surface area contributed by atoms with E-state index in [9.17, 15) is 4.79 Å². The minimum Gasteiger partial charge on any atom is -0.484 e. The summed E-state index contributed by atoms with van der Waals surface area (Å²) in [5.41, 5.74) is 1.29. The fraction of sp³-hybridized carbons (Fsp3) is 0.462. The van der Waals surface area contributed by atoms with E-state index in [0.717, 1.165) is 18.6 Å². The molecule has 0 aliphatic rings. The summed E-state index contributed by atoms with van der Waals surface area (Å²) in [6, 6.07) is 7.86. The maximum Gasteiger partial charge on any atom is 0.257 e. The maximum atomic E-state index is 11.3. The lowest BCUT2D eigenvalue weighted by molar-refractivity contribution is -0.122. The molecule has 3 nitrogen and oxygen atoms in total. The van der Waals surface area contributed by atoms with E-state index in [0.29, 0.717) is 12.3 Å². The number of rotatable bonds is 7. The number of thiol groups is 1. The lowest BCUT2D eigenvalue weighted by atomic mass is 10.1. The molecule has 0 atom stereocenters. The molecule has 94 valence electrons. The molecule has 1 aromatic carbocycles. The van der Waals surface area contributed by atoms with Crippen LogP contribution in [0.1, 0.15) is 18.9 Å². The summed E-state index contributed by atoms with van der Waals surface area (Å²) in [4.78, 5) is 11.3. The molecule has 0 bridgehead atoms. The van der Waals surface area contributed by atoms with Gasteiger partial charge in [-0.2, -0.15) is 12.6 Å². The van der Waals surface area contributed by atoms with Crippen LogP contribution in [0.3, 0.4) is 0 Å². The Morgan fingerprint density at radius 1 is 1.35 bits per heavy atom. The highest BCUT2D eigenvalue weighted by molar-refractivity contribution is 7.80. The Hall–Kier alpha value is -1.16. The standard InChI is InChI=1S/C13H19NO2S/c1-2-3-11-4-6-12(7-5-11)16-10-13(15)14-8-9-17/h4-7,17H,2-3,8-10H2,1H3,(H,14,15). The summed E-state index contributed by atoms with van der Waals surface area (Å²) >= 11 is 4.01. The van der Waals surface area contributed by atoms with Crippen molar-refractivity contribution in [2.75, 3.05) is 18.9 Å². The van der Waals surface area contributed by atoms with Crippen LogP contribution in [0, 0.1) is 0 Å². The Labute approximate surface area is 108 Å². The number of nitrogens with one attached hydrogen (secondary N) is 1. The second-order valence-electron chi connectivity index (χ2n) is 3.76. The molecule has 0 saturated heterocycles. The number of carbonyl (C=O) groups is 1. The zero-order chi connectivity index (χ0) is 12.5. The van der Waals surface area contributed by atoms with Crippen LogP contribution in [0.15, 0.2) is 24.3 Å². The van der Waals surface area contributed by atoms with Crippen LogP contribution >= 0.6 is 12.6 Å². The summed E-state index contributed by atoms with van der Waals surface area (Å²) in [7, 11) is 0. The van der Waals surface area contributed by atoms with Crippen molar-refractivity contribution < 1.29 is 9.53 Å². The Morgan fingerprint density at radius 3 is 2.65 bits per heavy atom. The first-order valence-corrected chi connectivity index (χ1v) is 6.48. The molecular formula is C13H19NO2S. The molecule has 0 aliphatic heterocycles. The van der Waals surface area contributed by atoms with Crippen LogP contribution < -0.4 is 10.1 Å². The number of hydrogen-bond donors (Lipinski definition) is 2. The van der Waals surface area contributed by atoms with Gasteiger partial charge < -0.3 is 10.1 Å². The van der Waals surface area contributed by atoms with Crippen molar-refractivity contribution in [1.29, 1.82) is 0 Å². The van der Waals surface area contributed by atoms with Crippen molar-refractivity contribution in [3.63, 3.8) is 0 Å². The molecule has 1 amide bonds. The molecule has 0 unspecified atom stereocenters. The molecule has 0 spiro atoms. The van der Waals surface area contributed by atoms with E-state index in [1.54, 1.807) is 0 Å². The molecule has 0 aromatic heterocycles. The zero-order valence-electron chi connectivity index (χ0n) is 10.1. The average Bonchev–Trinajstić information content (AvgIpc) is 2.36. The van der Waals surface area contributed by atoms with Gasteiger partial charge in [0.1, 0.15) is 5.75 Å². The van der Waals surface area contributed by atoms with Crippen LogP contribution in [-0.2, 0) is 11.2 Å². The van der Waals surface area contributed by atoms with Crippen molar-refractivity contribution in [3.05, 3.63) is 29.8 Å². The zero-order valence-corrected chi connectivity index (χ0v) is 11.0. The first-order valence-electron chi connectivity index (χ1n) is 5.85. The van der Waals surface area contributed by atoms with E-state index in [1.165, 1.54) is 5.56 Å². The summed E-state index contributed by atoms with van der Waals surface area (Å²) in [6.07, 6.45) is 2.20. The van der Waals surface area contributed by atoms with E-state index >= 15 is 0 Å². The Kier molecular flexibility index (Phi) is 6.55. The maximum absolute atomic E-state index is 11.3. The summed E-state index contributed by atoms with van der Waals surface area (Å²) in [6.45, 7) is 2.78. The van der Waals surface area contributed by atoms with Gasteiger partial charge in [0.2, 0.25) is 0 Å². The minimum atomic E-state index is -0.114. The molecule has 1 aromatic rings. The fourth-order valence-corrected chi connectivity index (χ4v) is 1.55. The van der Waals surface area contributed by atoms with Crippen molar-refractivity contribution in [2.24, 2.45) is 0 Å². The van der Waals surface area contributed by atoms with Gasteiger partial charge in [0.25, 0.3) is 5.91 Å². The highest BCUT2D eigenvalue weighted by atomic mass is 32.1. The van der Waals surface area contributed by atoms with E-state index in [4.69, 9.17) is 4.74 Å². The molecule has 1 N–H and O–H groups in total. The first-order chi connectivity index (χ1) is 8.26. The van der Waals surface area contributed by atoms with Crippen LogP contribution in [-0.4, -0.2) is 24.8 Å². The van der Waals surface area contributed by atoms with E-state index < -0.39 is 0 Å². The number of aryl methyl sites for hydroxylation is 1. The second-order valence-corrected chi connectivity index (χ2v) is 4.20. The lowest BCUT2D eigenvalue weighted by Gasteiger charge is -2.07. The van der Waals surface area contributed by atoms with Crippen LogP contribution in [0.4, 0.5) is 0 Å². The van der Waals surface area contributed by atoms with Crippen molar-refractivity contribution >= 4 is 18.5 Å². The van der Waals surface area contributed by atoms with Gasteiger partial charge in [-0.25, -0.2) is 0 Å². The summed E-state index contributed by atoms with van der Waals surface area (Å²) in [5, 5.41) is 2.69. The molecule has 17 heavy (non-hydrogen) atoms. The minimum absolute atomic E-state index is 0.0565. The summed E-state index contributed by atoms with van der Waals surface area (Å²) in [5.74, 6) is 1.25. The third-order valence-corrected chi connectivity index (χ3v) is 2.49. The molecule has 0 aliphatic carbocycles.